The van der Waals surface area contributed by atoms with Crippen LogP contribution in [-0.2, 0) is 16.1 Å². The summed E-state index contributed by atoms with van der Waals surface area (Å²) < 4.78 is 10.6. The quantitative estimate of drug-likeness (QED) is 0.546. The third-order valence-electron chi connectivity index (χ3n) is 1.78. The van der Waals surface area contributed by atoms with E-state index in [0.717, 1.165) is 10.6 Å². The van der Waals surface area contributed by atoms with Crippen LogP contribution in [0.1, 0.15) is 5.56 Å². The van der Waals surface area contributed by atoms with Gasteiger partial charge in [-0.05, 0) is 17.7 Å². The molecule has 0 aromatic heterocycles. The van der Waals surface area contributed by atoms with E-state index in [1.807, 2.05) is 24.3 Å². The van der Waals surface area contributed by atoms with Crippen LogP contribution < -0.4 is 0 Å². The molecule has 0 bridgehead atoms. The fourth-order valence-electron chi connectivity index (χ4n) is 1.05. The van der Waals surface area contributed by atoms with Crippen molar-refractivity contribution in [1.29, 1.82) is 0 Å². The molecule has 84 valence electrons. The highest BCUT2D eigenvalue weighted by Crippen LogP contribution is 2.09. The summed E-state index contributed by atoms with van der Waals surface area (Å²) in [5.74, 6) is 0.525. The lowest BCUT2D eigenvalue weighted by Crippen LogP contribution is -2.05. The van der Waals surface area contributed by atoms with Gasteiger partial charge in [-0.25, -0.2) is 0 Å². The zero-order valence-electron chi connectivity index (χ0n) is 8.42. The van der Waals surface area contributed by atoms with Crippen LogP contribution >= 0.6 is 23.2 Å². The summed E-state index contributed by atoms with van der Waals surface area (Å²) in [4.78, 5) is 0. The molecule has 0 aliphatic heterocycles. The monoisotopic (exact) mass is 248 g/mol. The number of ether oxygens (including phenoxy) is 2. The second-order valence-electron chi connectivity index (χ2n) is 2.98. The molecule has 0 unspecified atom stereocenters. The fourth-order valence-corrected chi connectivity index (χ4v) is 1.28. The first kappa shape index (κ1) is 12.8. The average molecular weight is 249 g/mol. The molecule has 0 radical (unpaired) electrons. The second kappa shape index (κ2) is 7.94. The number of rotatable bonds is 7. The zero-order chi connectivity index (χ0) is 10.9. The minimum Gasteiger partial charge on any atom is -0.378 e. The van der Waals surface area contributed by atoms with Crippen LogP contribution in [0.3, 0.4) is 0 Å². The van der Waals surface area contributed by atoms with Crippen LogP contribution in [0, 0.1) is 0 Å². The van der Waals surface area contributed by atoms with Crippen molar-refractivity contribution in [1.82, 2.24) is 0 Å². The Morgan fingerprint density at radius 3 is 2.27 bits per heavy atom. The molecule has 0 heterocycles. The van der Waals surface area contributed by atoms with Crippen LogP contribution in [0.4, 0.5) is 0 Å². The molecule has 1 rings (SSSR count). The summed E-state index contributed by atoms with van der Waals surface area (Å²) >= 11 is 11.2. The van der Waals surface area contributed by atoms with Crippen LogP contribution in [0.25, 0.3) is 0 Å². The third kappa shape index (κ3) is 6.00. The third-order valence-corrected chi connectivity index (χ3v) is 2.18. The van der Waals surface area contributed by atoms with Gasteiger partial charge < -0.3 is 9.47 Å². The summed E-state index contributed by atoms with van der Waals surface area (Å²) in [5, 5.41) is 0.740. The molecule has 1 aromatic carbocycles. The van der Waals surface area contributed by atoms with Crippen molar-refractivity contribution < 1.29 is 9.47 Å². The SMILES string of the molecule is ClCCOCCOCc1ccc(Cl)cc1. The molecular weight excluding hydrogens is 235 g/mol. The van der Waals surface area contributed by atoms with Gasteiger partial charge in [-0.3, -0.25) is 0 Å². The zero-order valence-corrected chi connectivity index (χ0v) is 9.93. The standard InChI is InChI=1S/C11H14Cl2O2/c12-5-6-14-7-8-15-9-10-1-3-11(13)4-2-10/h1-4H,5-9H2. The maximum atomic E-state index is 5.76. The first-order valence-corrected chi connectivity index (χ1v) is 5.70. The van der Waals surface area contributed by atoms with Crippen LogP contribution in [0.5, 0.6) is 0 Å². The average Bonchev–Trinajstić information content (AvgIpc) is 2.26. The van der Waals surface area contributed by atoms with Crippen molar-refractivity contribution >= 4 is 23.2 Å². The molecule has 0 aliphatic rings. The van der Waals surface area contributed by atoms with E-state index in [1.54, 1.807) is 0 Å². The van der Waals surface area contributed by atoms with Gasteiger partial charge in [0.25, 0.3) is 0 Å². The van der Waals surface area contributed by atoms with Gasteiger partial charge in [0, 0.05) is 10.9 Å². The van der Waals surface area contributed by atoms with E-state index in [9.17, 15) is 0 Å². The maximum absolute atomic E-state index is 5.76. The largest absolute Gasteiger partial charge is 0.378 e. The predicted octanol–water partition coefficient (Wildman–Crippen LogP) is 3.11. The van der Waals surface area contributed by atoms with E-state index in [1.165, 1.54) is 0 Å². The molecule has 0 N–H and O–H groups in total. The Bertz CT molecular complexity index is 262. The Balaban J connectivity index is 2.07. The minimum absolute atomic E-state index is 0.525. The number of hydrogen-bond donors (Lipinski definition) is 0. The predicted molar refractivity (Wildman–Crippen MR) is 62.6 cm³/mol. The fraction of sp³-hybridized carbons (Fsp3) is 0.455. The molecule has 0 spiro atoms. The molecule has 0 saturated carbocycles. The van der Waals surface area contributed by atoms with Crippen molar-refractivity contribution in [2.45, 2.75) is 6.61 Å². The number of alkyl halides is 1. The Morgan fingerprint density at radius 2 is 1.60 bits per heavy atom. The van der Waals surface area contributed by atoms with Crippen LogP contribution in [-0.4, -0.2) is 25.7 Å². The highest BCUT2D eigenvalue weighted by molar-refractivity contribution is 6.30. The van der Waals surface area contributed by atoms with E-state index in [2.05, 4.69) is 0 Å². The van der Waals surface area contributed by atoms with Gasteiger partial charge in [-0.1, -0.05) is 23.7 Å². The highest BCUT2D eigenvalue weighted by Gasteiger charge is 1.93. The Hall–Kier alpha value is -0.280. The van der Waals surface area contributed by atoms with E-state index >= 15 is 0 Å². The summed E-state index contributed by atoms with van der Waals surface area (Å²) in [7, 11) is 0. The van der Waals surface area contributed by atoms with Crippen molar-refractivity contribution in [2.24, 2.45) is 0 Å². The van der Waals surface area contributed by atoms with Gasteiger partial charge in [0.15, 0.2) is 0 Å². The van der Waals surface area contributed by atoms with Gasteiger partial charge in [0.1, 0.15) is 0 Å². The summed E-state index contributed by atoms with van der Waals surface area (Å²) in [6.07, 6.45) is 0. The van der Waals surface area contributed by atoms with Gasteiger partial charge in [0.05, 0.1) is 26.4 Å². The molecule has 0 aliphatic carbocycles. The minimum atomic E-state index is 0.525. The number of halogens is 2. The van der Waals surface area contributed by atoms with E-state index < -0.39 is 0 Å². The number of hydrogen-bond acceptors (Lipinski definition) is 2. The van der Waals surface area contributed by atoms with Crippen molar-refractivity contribution in [3.8, 4) is 0 Å². The van der Waals surface area contributed by atoms with Gasteiger partial charge in [0.2, 0.25) is 0 Å². The van der Waals surface area contributed by atoms with Crippen molar-refractivity contribution in [3.05, 3.63) is 34.9 Å². The highest BCUT2D eigenvalue weighted by atomic mass is 35.5. The summed E-state index contributed by atoms with van der Waals surface area (Å²) in [6, 6.07) is 7.60. The van der Waals surface area contributed by atoms with Crippen molar-refractivity contribution in [3.63, 3.8) is 0 Å². The van der Waals surface area contributed by atoms with Gasteiger partial charge in [-0.15, -0.1) is 11.6 Å². The van der Waals surface area contributed by atoms with Gasteiger partial charge >= 0.3 is 0 Å². The van der Waals surface area contributed by atoms with E-state index in [0.29, 0.717) is 32.3 Å². The van der Waals surface area contributed by atoms with Crippen LogP contribution in [0.2, 0.25) is 5.02 Å². The lowest BCUT2D eigenvalue weighted by molar-refractivity contribution is 0.0459. The molecule has 0 saturated heterocycles. The molecule has 1 aromatic rings. The van der Waals surface area contributed by atoms with E-state index in [4.69, 9.17) is 32.7 Å². The van der Waals surface area contributed by atoms with Crippen molar-refractivity contribution in [2.75, 3.05) is 25.7 Å². The molecule has 0 atom stereocenters. The first-order chi connectivity index (χ1) is 7.33. The molecule has 0 fully saturated rings. The van der Waals surface area contributed by atoms with Crippen LogP contribution in [0.15, 0.2) is 24.3 Å². The first-order valence-electron chi connectivity index (χ1n) is 4.79. The summed E-state index contributed by atoms with van der Waals surface area (Å²) in [5.41, 5.74) is 1.11. The Labute approximate surface area is 100 Å². The maximum Gasteiger partial charge on any atom is 0.0718 e. The molecule has 15 heavy (non-hydrogen) atoms. The summed E-state index contributed by atoms with van der Waals surface area (Å²) in [6.45, 7) is 2.33. The molecule has 2 nitrogen and oxygen atoms in total. The molecule has 4 heteroatoms. The second-order valence-corrected chi connectivity index (χ2v) is 3.79. The molecule has 0 amide bonds. The smallest absolute Gasteiger partial charge is 0.0718 e. The van der Waals surface area contributed by atoms with E-state index in [-0.39, 0.29) is 0 Å². The normalized spacial score (nSPS) is 10.5. The Morgan fingerprint density at radius 1 is 0.933 bits per heavy atom. The molecular formula is C11H14Cl2O2. The van der Waals surface area contributed by atoms with Gasteiger partial charge in [-0.2, -0.15) is 0 Å². The lowest BCUT2D eigenvalue weighted by atomic mass is 10.2. The number of benzene rings is 1. The topological polar surface area (TPSA) is 18.5 Å². The Kier molecular flexibility index (Phi) is 6.77. The lowest BCUT2D eigenvalue weighted by Gasteiger charge is -2.04.